The molecule has 0 unspecified atom stereocenters. The topological polar surface area (TPSA) is 51.2 Å². The number of ether oxygens (including phenoxy) is 3. The van der Waals surface area contributed by atoms with E-state index in [0.29, 0.717) is 6.54 Å². The molecule has 6 nitrogen and oxygen atoms in total. The molecule has 0 aromatic heterocycles. The lowest BCUT2D eigenvalue weighted by molar-refractivity contribution is -0.155. The van der Waals surface area contributed by atoms with Crippen LogP contribution in [0.2, 0.25) is 0 Å². The first-order chi connectivity index (χ1) is 11.2. The molecule has 0 aromatic rings. The Morgan fingerprint density at radius 1 is 1.26 bits per heavy atom. The van der Waals surface area contributed by atoms with Crippen molar-refractivity contribution in [2.24, 2.45) is 0 Å². The van der Waals surface area contributed by atoms with Crippen LogP contribution in [-0.2, 0) is 19.0 Å². The van der Waals surface area contributed by atoms with Crippen LogP contribution in [0.5, 0.6) is 0 Å². The van der Waals surface area contributed by atoms with E-state index in [2.05, 4.69) is 4.90 Å². The van der Waals surface area contributed by atoms with E-state index >= 15 is 0 Å². The van der Waals surface area contributed by atoms with Crippen molar-refractivity contribution in [3.8, 4) is 0 Å². The van der Waals surface area contributed by atoms with E-state index < -0.39 is 0 Å². The molecule has 3 saturated heterocycles. The summed E-state index contributed by atoms with van der Waals surface area (Å²) in [5.74, 6) is 0.0770. The van der Waals surface area contributed by atoms with E-state index in [1.807, 2.05) is 11.0 Å². The normalized spacial score (nSPS) is 32.9. The average molecular weight is 324 g/mol. The second-order valence-electron chi connectivity index (χ2n) is 6.59. The molecule has 0 radical (unpaired) electrons. The lowest BCUT2D eigenvalue weighted by Crippen LogP contribution is -2.57. The molecule has 1 spiro atoms. The number of carbonyl (C=O) groups excluding carboxylic acids is 1. The van der Waals surface area contributed by atoms with E-state index in [9.17, 15) is 4.79 Å². The highest BCUT2D eigenvalue weighted by Gasteiger charge is 2.47. The number of hydrogen-bond donors (Lipinski definition) is 0. The molecule has 3 heterocycles. The van der Waals surface area contributed by atoms with Crippen LogP contribution in [0.15, 0.2) is 12.2 Å². The SMILES string of the molecule is CO[C@H]1CN(C(=O)/C=C/CN2CCOCC2)CC[C@]12CCCO2. The number of nitrogens with zero attached hydrogens (tertiary/aromatic N) is 2. The molecule has 23 heavy (non-hydrogen) atoms. The zero-order valence-corrected chi connectivity index (χ0v) is 14.0. The Morgan fingerprint density at radius 2 is 2.09 bits per heavy atom. The monoisotopic (exact) mass is 324 g/mol. The van der Waals surface area contributed by atoms with E-state index in [4.69, 9.17) is 14.2 Å². The Balaban J connectivity index is 1.50. The number of methoxy groups -OCH3 is 1. The van der Waals surface area contributed by atoms with Crippen LogP contribution in [0, 0.1) is 0 Å². The molecule has 2 atom stereocenters. The standard InChI is InChI=1S/C17H28N2O4/c1-21-15-14-19(8-6-17(15)5-3-11-23-17)16(20)4-2-7-18-9-12-22-13-10-18/h2,4,15H,3,5-14H2,1H3/b4-2+/t15-,17+/m0/s1. The minimum atomic E-state index is -0.164. The van der Waals surface area contributed by atoms with Crippen molar-refractivity contribution in [1.29, 1.82) is 0 Å². The van der Waals surface area contributed by atoms with Gasteiger partial charge in [-0.3, -0.25) is 9.69 Å². The van der Waals surface area contributed by atoms with Gasteiger partial charge in [0.05, 0.1) is 18.8 Å². The summed E-state index contributed by atoms with van der Waals surface area (Å²) in [7, 11) is 1.72. The average Bonchev–Trinajstić information content (AvgIpc) is 3.05. The lowest BCUT2D eigenvalue weighted by atomic mass is 9.86. The van der Waals surface area contributed by atoms with Crippen molar-refractivity contribution in [2.45, 2.75) is 31.0 Å². The van der Waals surface area contributed by atoms with Crippen LogP contribution in [-0.4, -0.2) is 87.1 Å². The number of morpholine rings is 1. The van der Waals surface area contributed by atoms with Crippen molar-refractivity contribution in [3.05, 3.63) is 12.2 Å². The molecule has 6 heteroatoms. The van der Waals surface area contributed by atoms with Gasteiger partial charge in [-0.25, -0.2) is 0 Å². The van der Waals surface area contributed by atoms with Gasteiger partial charge in [-0.1, -0.05) is 6.08 Å². The number of amides is 1. The predicted octanol–water partition coefficient (Wildman–Crippen LogP) is 0.671. The van der Waals surface area contributed by atoms with Gasteiger partial charge < -0.3 is 19.1 Å². The van der Waals surface area contributed by atoms with Crippen molar-refractivity contribution in [3.63, 3.8) is 0 Å². The zero-order valence-electron chi connectivity index (χ0n) is 14.0. The first-order valence-electron chi connectivity index (χ1n) is 8.66. The Kier molecular flexibility index (Phi) is 5.69. The van der Waals surface area contributed by atoms with Crippen LogP contribution in [0.1, 0.15) is 19.3 Å². The molecule has 0 aromatic carbocycles. The van der Waals surface area contributed by atoms with Gasteiger partial charge in [0.1, 0.15) is 6.10 Å². The highest BCUT2D eigenvalue weighted by molar-refractivity contribution is 5.87. The summed E-state index contributed by atoms with van der Waals surface area (Å²) in [6, 6.07) is 0. The summed E-state index contributed by atoms with van der Waals surface area (Å²) in [4.78, 5) is 16.6. The van der Waals surface area contributed by atoms with Crippen LogP contribution in [0.25, 0.3) is 0 Å². The lowest BCUT2D eigenvalue weighted by Gasteiger charge is -2.44. The molecule has 130 valence electrons. The first kappa shape index (κ1) is 16.9. The van der Waals surface area contributed by atoms with Gasteiger partial charge in [0.25, 0.3) is 0 Å². The van der Waals surface area contributed by atoms with E-state index in [0.717, 1.165) is 65.3 Å². The quantitative estimate of drug-likeness (QED) is 0.712. The second-order valence-corrected chi connectivity index (χ2v) is 6.59. The van der Waals surface area contributed by atoms with Crippen LogP contribution >= 0.6 is 0 Å². The highest BCUT2D eigenvalue weighted by atomic mass is 16.6. The van der Waals surface area contributed by atoms with Gasteiger partial charge in [-0.05, 0) is 19.3 Å². The second kappa shape index (κ2) is 7.75. The maximum Gasteiger partial charge on any atom is 0.246 e. The van der Waals surface area contributed by atoms with Crippen molar-refractivity contribution >= 4 is 5.91 Å². The molecule has 0 saturated carbocycles. The van der Waals surface area contributed by atoms with E-state index in [1.165, 1.54) is 0 Å². The number of hydrogen-bond acceptors (Lipinski definition) is 5. The minimum Gasteiger partial charge on any atom is -0.379 e. The van der Waals surface area contributed by atoms with Crippen LogP contribution < -0.4 is 0 Å². The number of rotatable bonds is 4. The maximum atomic E-state index is 12.4. The Hall–Kier alpha value is -0.950. The molecule has 3 aliphatic rings. The van der Waals surface area contributed by atoms with Crippen LogP contribution in [0.4, 0.5) is 0 Å². The minimum absolute atomic E-state index is 0.0182. The van der Waals surface area contributed by atoms with Gasteiger partial charge >= 0.3 is 0 Å². The van der Waals surface area contributed by atoms with E-state index in [1.54, 1.807) is 13.2 Å². The maximum absolute atomic E-state index is 12.4. The summed E-state index contributed by atoms with van der Waals surface area (Å²) in [6.45, 7) is 6.44. The molecule has 3 fully saturated rings. The Bertz CT molecular complexity index is 428. The summed E-state index contributed by atoms with van der Waals surface area (Å²) in [6.07, 6.45) is 6.65. The third kappa shape index (κ3) is 3.94. The molecule has 0 aliphatic carbocycles. The van der Waals surface area contributed by atoms with Gasteiger partial charge in [0.2, 0.25) is 5.91 Å². The highest BCUT2D eigenvalue weighted by Crippen LogP contribution is 2.37. The fourth-order valence-electron chi connectivity index (χ4n) is 3.79. The predicted molar refractivity (Wildman–Crippen MR) is 86.3 cm³/mol. The molecule has 0 bridgehead atoms. The molecule has 3 rings (SSSR count). The Labute approximate surface area is 138 Å². The van der Waals surface area contributed by atoms with Crippen molar-refractivity contribution in [1.82, 2.24) is 9.80 Å². The number of piperidine rings is 1. The number of likely N-dealkylation sites (tertiary alicyclic amines) is 1. The fraction of sp³-hybridized carbons (Fsp3) is 0.824. The van der Waals surface area contributed by atoms with Gasteiger partial charge in [-0.15, -0.1) is 0 Å². The van der Waals surface area contributed by atoms with Crippen molar-refractivity contribution < 1.29 is 19.0 Å². The van der Waals surface area contributed by atoms with Gasteiger partial charge in [0.15, 0.2) is 0 Å². The largest absolute Gasteiger partial charge is 0.379 e. The van der Waals surface area contributed by atoms with E-state index in [-0.39, 0.29) is 17.6 Å². The smallest absolute Gasteiger partial charge is 0.246 e. The summed E-state index contributed by atoms with van der Waals surface area (Å²) in [5, 5.41) is 0. The van der Waals surface area contributed by atoms with Gasteiger partial charge in [-0.2, -0.15) is 0 Å². The van der Waals surface area contributed by atoms with Crippen LogP contribution in [0.3, 0.4) is 0 Å². The molecular weight excluding hydrogens is 296 g/mol. The molecule has 1 amide bonds. The molecular formula is C17H28N2O4. The van der Waals surface area contributed by atoms with Crippen molar-refractivity contribution in [2.75, 3.05) is 59.7 Å². The molecule has 0 N–H and O–H groups in total. The fourth-order valence-corrected chi connectivity index (χ4v) is 3.79. The summed E-state index contributed by atoms with van der Waals surface area (Å²) in [5.41, 5.74) is -0.164. The van der Waals surface area contributed by atoms with Gasteiger partial charge in [0, 0.05) is 52.5 Å². The third-order valence-corrected chi connectivity index (χ3v) is 5.24. The first-order valence-corrected chi connectivity index (χ1v) is 8.66. The summed E-state index contributed by atoms with van der Waals surface area (Å²) >= 11 is 0. The summed E-state index contributed by atoms with van der Waals surface area (Å²) < 4.78 is 16.9. The third-order valence-electron chi connectivity index (χ3n) is 5.24. The molecule has 3 aliphatic heterocycles. The Morgan fingerprint density at radius 3 is 2.78 bits per heavy atom. The zero-order chi connectivity index (χ0) is 16.1. The number of carbonyl (C=O) groups is 1.